The summed E-state index contributed by atoms with van der Waals surface area (Å²) in [5.41, 5.74) is 1.74. The molecule has 36 heavy (non-hydrogen) atoms. The number of nitrogens with one attached hydrogen (secondary N) is 3. The van der Waals surface area contributed by atoms with Gasteiger partial charge in [-0.2, -0.15) is 0 Å². The standard InChI is InChI=1S/C25H28N4O6S/c1-33-19-7-4-8-21(14-19)36(31,32)29-18-6-3-5-17(13-18)24(30)16-26-11-12-35-20-9-10-22-23(15-20)27-28-25(22)34-2/h3-10,13-15,24,26,29-30H,11-12,16H2,1-2H3,(H,27,28)/t24-/m0/s1. The summed E-state index contributed by atoms with van der Waals surface area (Å²) in [5, 5.41) is 21.6. The summed E-state index contributed by atoms with van der Waals surface area (Å²) in [6.07, 6.45) is -0.833. The molecule has 0 spiro atoms. The molecule has 0 aliphatic rings. The van der Waals surface area contributed by atoms with Gasteiger partial charge in [-0.3, -0.25) is 9.82 Å². The maximum atomic E-state index is 12.7. The molecule has 10 nitrogen and oxygen atoms in total. The number of sulfonamides is 1. The van der Waals surface area contributed by atoms with Crippen LogP contribution in [0.5, 0.6) is 17.4 Å². The number of aromatic amines is 1. The zero-order valence-corrected chi connectivity index (χ0v) is 20.7. The summed E-state index contributed by atoms with van der Waals surface area (Å²) in [7, 11) is -0.769. The number of aromatic nitrogens is 2. The van der Waals surface area contributed by atoms with E-state index in [0.717, 1.165) is 10.9 Å². The van der Waals surface area contributed by atoms with Crippen LogP contribution in [0.4, 0.5) is 5.69 Å². The number of H-pyrrole nitrogens is 1. The molecule has 1 heterocycles. The molecule has 0 saturated carbocycles. The Balaban J connectivity index is 1.27. The average Bonchev–Trinajstić information content (AvgIpc) is 3.30. The number of hydrogen-bond donors (Lipinski definition) is 4. The molecule has 4 N–H and O–H groups in total. The van der Waals surface area contributed by atoms with E-state index in [0.29, 0.717) is 41.8 Å². The van der Waals surface area contributed by atoms with Gasteiger partial charge in [0.15, 0.2) is 0 Å². The third-order valence-corrected chi connectivity index (χ3v) is 6.83. The maximum absolute atomic E-state index is 12.7. The fourth-order valence-corrected chi connectivity index (χ4v) is 4.69. The van der Waals surface area contributed by atoms with Crippen molar-refractivity contribution >= 4 is 26.6 Å². The minimum Gasteiger partial charge on any atom is -0.497 e. The second-order valence-electron chi connectivity index (χ2n) is 7.92. The van der Waals surface area contributed by atoms with Gasteiger partial charge in [-0.1, -0.05) is 18.2 Å². The van der Waals surface area contributed by atoms with Crippen molar-refractivity contribution in [2.45, 2.75) is 11.0 Å². The number of fused-ring (bicyclic) bond motifs is 1. The van der Waals surface area contributed by atoms with Crippen molar-refractivity contribution in [1.29, 1.82) is 0 Å². The van der Waals surface area contributed by atoms with Crippen molar-refractivity contribution < 1.29 is 27.7 Å². The molecule has 0 bridgehead atoms. The average molecular weight is 513 g/mol. The first-order valence-corrected chi connectivity index (χ1v) is 12.7. The van der Waals surface area contributed by atoms with Crippen LogP contribution in [0.15, 0.2) is 71.6 Å². The molecule has 4 aromatic rings. The minimum absolute atomic E-state index is 0.0836. The second-order valence-corrected chi connectivity index (χ2v) is 9.60. The number of aliphatic hydroxyl groups is 1. The van der Waals surface area contributed by atoms with Crippen LogP contribution in [0.2, 0.25) is 0 Å². The van der Waals surface area contributed by atoms with Crippen molar-refractivity contribution in [1.82, 2.24) is 15.5 Å². The first-order chi connectivity index (χ1) is 17.4. The van der Waals surface area contributed by atoms with Gasteiger partial charge in [-0.05, 0) is 42.0 Å². The lowest BCUT2D eigenvalue weighted by molar-refractivity contribution is 0.172. The summed E-state index contributed by atoms with van der Waals surface area (Å²) in [5.74, 6) is 1.66. The highest BCUT2D eigenvalue weighted by molar-refractivity contribution is 7.92. The Labute approximate surface area is 209 Å². The molecular formula is C25H28N4O6S. The van der Waals surface area contributed by atoms with Gasteiger partial charge in [0.1, 0.15) is 18.1 Å². The molecule has 0 radical (unpaired) electrons. The SMILES string of the molecule is COc1cccc(S(=O)(=O)Nc2cccc([C@@H](O)CNCCOc3ccc4c(OC)n[nH]c4c3)c2)c1. The lowest BCUT2D eigenvalue weighted by Crippen LogP contribution is -2.26. The highest BCUT2D eigenvalue weighted by Gasteiger charge is 2.16. The van der Waals surface area contributed by atoms with E-state index in [-0.39, 0.29) is 11.4 Å². The third-order valence-electron chi connectivity index (χ3n) is 5.45. The quantitative estimate of drug-likeness (QED) is 0.213. The van der Waals surface area contributed by atoms with E-state index in [2.05, 4.69) is 20.2 Å². The van der Waals surface area contributed by atoms with Crippen LogP contribution in [-0.2, 0) is 10.0 Å². The number of methoxy groups -OCH3 is 2. The Bertz CT molecular complexity index is 1420. The maximum Gasteiger partial charge on any atom is 0.262 e. The van der Waals surface area contributed by atoms with Crippen LogP contribution < -0.4 is 24.2 Å². The van der Waals surface area contributed by atoms with E-state index in [1.165, 1.54) is 19.2 Å². The summed E-state index contributed by atoms with van der Waals surface area (Å²) >= 11 is 0. The largest absolute Gasteiger partial charge is 0.497 e. The zero-order valence-electron chi connectivity index (χ0n) is 19.9. The van der Waals surface area contributed by atoms with E-state index in [1.54, 1.807) is 43.5 Å². The van der Waals surface area contributed by atoms with Crippen LogP contribution >= 0.6 is 0 Å². The Morgan fingerprint density at radius 1 is 1.00 bits per heavy atom. The van der Waals surface area contributed by atoms with E-state index >= 15 is 0 Å². The number of nitrogens with zero attached hydrogens (tertiary/aromatic N) is 1. The monoisotopic (exact) mass is 512 g/mol. The topological polar surface area (TPSA) is 135 Å². The number of benzene rings is 3. The van der Waals surface area contributed by atoms with Crippen LogP contribution in [0.25, 0.3) is 10.9 Å². The Kier molecular flexibility index (Phi) is 7.93. The Morgan fingerprint density at radius 3 is 2.64 bits per heavy atom. The van der Waals surface area contributed by atoms with Crippen molar-refractivity contribution in [3.8, 4) is 17.4 Å². The van der Waals surface area contributed by atoms with Crippen LogP contribution in [0.1, 0.15) is 11.7 Å². The predicted octanol–water partition coefficient (Wildman–Crippen LogP) is 3.08. The van der Waals surface area contributed by atoms with Crippen molar-refractivity contribution in [3.63, 3.8) is 0 Å². The number of aliphatic hydroxyl groups excluding tert-OH is 1. The molecule has 0 saturated heterocycles. The van der Waals surface area contributed by atoms with Gasteiger partial charge >= 0.3 is 0 Å². The number of hydrogen-bond acceptors (Lipinski definition) is 8. The fourth-order valence-electron chi connectivity index (χ4n) is 3.61. The molecule has 4 rings (SSSR count). The number of ether oxygens (including phenoxy) is 3. The summed E-state index contributed by atoms with van der Waals surface area (Å²) in [4.78, 5) is 0.0836. The van der Waals surface area contributed by atoms with Gasteiger partial charge in [0, 0.05) is 30.9 Å². The number of anilines is 1. The van der Waals surface area contributed by atoms with E-state index in [1.807, 2.05) is 18.2 Å². The molecule has 1 atom stereocenters. The molecule has 0 amide bonds. The summed E-state index contributed by atoms with van der Waals surface area (Å²) in [6, 6.07) is 18.4. The van der Waals surface area contributed by atoms with Gasteiger partial charge in [0.2, 0.25) is 5.88 Å². The molecular weight excluding hydrogens is 484 g/mol. The van der Waals surface area contributed by atoms with E-state index < -0.39 is 16.1 Å². The normalized spacial score (nSPS) is 12.3. The molecule has 0 unspecified atom stereocenters. The third kappa shape index (κ3) is 6.06. The molecule has 1 aromatic heterocycles. The van der Waals surface area contributed by atoms with Gasteiger partial charge in [-0.15, -0.1) is 5.10 Å². The molecule has 0 aliphatic heterocycles. The van der Waals surface area contributed by atoms with Gasteiger partial charge in [0.05, 0.1) is 36.1 Å². The van der Waals surface area contributed by atoms with Gasteiger partial charge in [-0.25, -0.2) is 8.42 Å². The van der Waals surface area contributed by atoms with Gasteiger partial charge in [0.25, 0.3) is 10.0 Å². The summed E-state index contributed by atoms with van der Waals surface area (Å²) < 4.78 is 44.1. The fraction of sp³-hybridized carbons (Fsp3) is 0.240. The van der Waals surface area contributed by atoms with Crippen LogP contribution in [0, 0.1) is 0 Å². The summed E-state index contributed by atoms with van der Waals surface area (Å²) in [6.45, 7) is 1.17. The Hall–Kier alpha value is -3.80. The first-order valence-electron chi connectivity index (χ1n) is 11.2. The van der Waals surface area contributed by atoms with E-state index in [9.17, 15) is 13.5 Å². The van der Waals surface area contributed by atoms with Crippen LogP contribution in [-0.4, -0.2) is 57.6 Å². The molecule has 11 heteroatoms. The van der Waals surface area contributed by atoms with Crippen molar-refractivity contribution in [3.05, 3.63) is 72.3 Å². The zero-order chi connectivity index (χ0) is 25.5. The van der Waals surface area contributed by atoms with Gasteiger partial charge < -0.3 is 24.6 Å². The lowest BCUT2D eigenvalue weighted by Gasteiger charge is -2.15. The molecule has 3 aromatic carbocycles. The van der Waals surface area contributed by atoms with Crippen molar-refractivity contribution in [2.75, 3.05) is 38.6 Å². The van der Waals surface area contributed by atoms with Crippen molar-refractivity contribution in [2.24, 2.45) is 0 Å². The highest BCUT2D eigenvalue weighted by Crippen LogP contribution is 2.26. The molecule has 0 aliphatic carbocycles. The van der Waals surface area contributed by atoms with Crippen LogP contribution in [0.3, 0.4) is 0 Å². The smallest absolute Gasteiger partial charge is 0.262 e. The molecule has 0 fully saturated rings. The Morgan fingerprint density at radius 2 is 1.83 bits per heavy atom. The number of rotatable bonds is 12. The molecule has 190 valence electrons. The van der Waals surface area contributed by atoms with E-state index in [4.69, 9.17) is 14.2 Å². The second kappa shape index (κ2) is 11.3. The highest BCUT2D eigenvalue weighted by atomic mass is 32.2. The minimum atomic E-state index is -3.81. The first kappa shape index (κ1) is 25.3. The lowest BCUT2D eigenvalue weighted by atomic mass is 10.1. The predicted molar refractivity (Wildman–Crippen MR) is 136 cm³/mol.